The molecule has 0 aromatic heterocycles. The minimum atomic E-state index is -0.584. The first kappa shape index (κ1) is 17.6. The van der Waals surface area contributed by atoms with Crippen LogP contribution in [0.5, 0.6) is 0 Å². The number of nitrogens with one attached hydrogen (secondary N) is 2. The topological polar surface area (TPSA) is 50.4 Å². The lowest BCUT2D eigenvalue weighted by atomic mass is 9.82. The van der Waals surface area contributed by atoms with Crippen molar-refractivity contribution < 1.29 is 9.53 Å². The monoisotopic (exact) mass is 360 g/mol. The summed E-state index contributed by atoms with van der Waals surface area (Å²) in [7, 11) is 1.66. The van der Waals surface area contributed by atoms with Gasteiger partial charge in [0.05, 0.1) is 0 Å². The van der Waals surface area contributed by atoms with Crippen molar-refractivity contribution in [3.8, 4) is 0 Å². The minimum absolute atomic E-state index is 0.0921. The van der Waals surface area contributed by atoms with Crippen molar-refractivity contribution in [3.63, 3.8) is 0 Å². The molecular formula is C23H24N2O2. The highest BCUT2D eigenvalue weighted by molar-refractivity contribution is 6.05. The lowest BCUT2D eigenvalue weighted by Crippen LogP contribution is -2.30. The van der Waals surface area contributed by atoms with Crippen molar-refractivity contribution >= 4 is 17.3 Å². The van der Waals surface area contributed by atoms with E-state index >= 15 is 0 Å². The number of allylic oxidation sites excluding steroid dienone is 1. The van der Waals surface area contributed by atoms with Crippen LogP contribution in [0, 0.1) is 0 Å². The van der Waals surface area contributed by atoms with Gasteiger partial charge in [-0.3, -0.25) is 4.79 Å². The molecule has 0 saturated carbocycles. The van der Waals surface area contributed by atoms with Crippen molar-refractivity contribution in [1.29, 1.82) is 0 Å². The molecular weight excluding hydrogens is 336 g/mol. The fraction of sp³-hybridized carbons (Fsp3) is 0.261. The standard InChI is InChI=1S/C23H24N2O2/c1-23(27-2)12-10-19(16-6-4-3-5-7-16)20(15-23)22(26)25-18-8-9-21-17(14-18)11-13-24-21/h3-10,12,14-15,19,24H,11,13H2,1-2H3,(H,25,26). The van der Waals surface area contributed by atoms with Crippen LogP contribution in [-0.4, -0.2) is 25.2 Å². The number of benzene rings is 2. The van der Waals surface area contributed by atoms with Gasteiger partial charge in [-0.1, -0.05) is 42.5 Å². The maximum absolute atomic E-state index is 13.2. The Labute approximate surface area is 159 Å². The number of rotatable bonds is 4. The number of anilines is 2. The second-order valence-corrected chi connectivity index (χ2v) is 7.24. The van der Waals surface area contributed by atoms with Gasteiger partial charge in [-0.25, -0.2) is 0 Å². The van der Waals surface area contributed by atoms with Gasteiger partial charge in [-0.05, 0) is 48.7 Å². The van der Waals surface area contributed by atoms with E-state index in [1.54, 1.807) is 7.11 Å². The van der Waals surface area contributed by atoms with E-state index in [1.165, 1.54) is 5.56 Å². The summed E-state index contributed by atoms with van der Waals surface area (Å²) in [5.74, 6) is -0.187. The first-order valence-corrected chi connectivity index (χ1v) is 9.28. The molecule has 2 aromatic rings. The van der Waals surface area contributed by atoms with Gasteiger partial charge in [-0.15, -0.1) is 0 Å². The average molecular weight is 360 g/mol. The van der Waals surface area contributed by atoms with Crippen LogP contribution < -0.4 is 10.6 Å². The van der Waals surface area contributed by atoms with Gasteiger partial charge in [0.25, 0.3) is 5.91 Å². The van der Waals surface area contributed by atoms with Crippen molar-refractivity contribution in [3.05, 3.63) is 83.5 Å². The molecule has 138 valence electrons. The third-order valence-electron chi connectivity index (χ3n) is 5.33. The second-order valence-electron chi connectivity index (χ2n) is 7.24. The molecule has 2 unspecified atom stereocenters. The van der Waals surface area contributed by atoms with Gasteiger partial charge in [0, 0.05) is 36.5 Å². The Hall–Kier alpha value is -2.85. The number of amides is 1. The molecule has 4 nitrogen and oxygen atoms in total. The van der Waals surface area contributed by atoms with E-state index in [2.05, 4.69) is 22.8 Å². The predicted octanol–water partition coefficient (Wildman–Crippen LogP) is 4.28. The van der Waals surface area contributed by atoms with Crippen LogP contribution >= 0.6 is 0 Å². The quantitative estimate of drug-likeness (QED) is 0.800. The molecule has 4 heteroatoms. The van der Waals surface area contributed by atoms with Crippen LogP contribution in [0.1, 0.15) is 24.0 Å². The van der Waals surface area contributed by atoms with Crippen molar-refractivity contribution in [2.75, 3.05) is 24.3 Å². The molecule has 0 spiro atoms. The molecule has 0 bridgehead atoms. The molecule has 2 aliphatic rings. The summed E-state index contributed by atoms with van der Waals surface area (Å²) in [6.45, 7) is 2.91. The van der Waals surface area contributed by atoms with Crippen LogP contribution in [0.2, 0.25) is 0 Å². The van der Waals surface area contributed by atoms with Gasteiger partial charge in [0.15, 0.2) is 0 Å². The van der Waals surface area contributed by atoms with Crippen LogP contribution in [0.15, 0.2) is 72.3 Å². The molecule has 0 saturated heterocycles. The van der Waals surface area contributed by atoms with E-state index in [4.69, 9.17) is 4.74 Å². The molecule has 2 aromatic carbocycles. The number of hydrogen-bond acceptors (Lipinski definition) is 3. The maximum atomic E-state index is 13.2. The minimum Gasteiger partial charge on any atom is -0.384 e. The third-order valence-corrected chi connectivity index (χ3v) is 5.33. The summed E-state index contributed by atoms with van der Waals surface area (Å²) in [4.78, 5) is 13.2. The number of carbonyl (C=O) groups is 1. The number of fused-ring (bicyclic) bond motifs is 1. The molecule has 0 fully saturated rings. The Balaban J connectivity index is 1.64. The number of ether oxygens (including phenoxy) is 1. The zero-order chi connectivity index (χ0) is 18.9. The van der Waals surface area contributed by atoms with E-state index in [-0.39, 0.29) is 11.8 Å². The van der Waals surface area contributed by atoms with E-state index < -0.39 is 5.60 Å². The van der Waals surface area contributed by atoms with Gasteiger partial charge < -0.3 is 15.4 Å². The zero-order valence-corrected chi connectivity index (χ0v) is 15.7. The summed E-state index contributed by atoms with van der Waals surface area (Å²) in [6.07, 6.45) is 6.98. The van der Waals surface area contributed by atoms with Crippen LogP contribution in [0.4, 0.5) is 11.4 Å². The highest BCUT2D eigenvalue weighted by Gasteiger charge is 2.30. The highest BCUT2D eigenvalue weighted by Crippen LogP contribution is 2.35. The molecule has 1 amide bonds. The van der Waals surface area contributed by atoms with Crippen molar-refractivity contribution in [2.45, 2.75) is 24.9 Å². The number of methoxy groups -OCH3 is 1. The maximum Gasteiger partial charge on any atom is 0.252 e. The van der Waals surface area contributed by atoms with Crippen molar-refractivity contribution in [1.82, 2.24) is 0 Å². The Bertz CT molecular complexity index is 917. The molecule has 2 N–H and O–H groups in total. The Morgan fingerprint density at radius 1 is 1.22 bits per heavy atom. The van der Waals surface area contributed by atoms with Gasteiger partial charge in [-0.2, -0.15) is 0 Å². The fourth-order valence-corrected chi connectivity index (χ4v) is 3.71. The molecule has 2 atom stereocenters. The smallest absolute Gasteiger partial charge is 0.252 e. The molecule has 1 heterocycles. The summed E-state index contributed by atoms with van der Waals surface area (Å²) >= 11 is 0. The zero-order valence-electron chi connectivity index (χ0n) is 15.7. The molecule has 0 radical (unpaired) electrons. The van der Waals surface area contributed by atoms with Crippen LogP contribution in [0.3, 0.4) is 0 Å². The Morgan fingerprint density at radius 2 is 2.04 bits per heavy atom. The second kappa shape index (κ2) is 7.05. The van der Waals surface area contributed by atoms with Gasteiger partial charge >= 0.3 is 0 Å². The van der Waals surface area contributed by atoms with E-state index in [0.717, 1.165) is 29.9 Å². The molecule has 1 aliphatic heterocycles. The lowest BCUT2D eigenvalue weighted by Gasteiger charge is -2.29. The summed E-state index contributed by atoms with van der Waals surface area (Å²) < 4.78 is 5.60. The SMILES string of the molecule is COC1(C)C=CC(c2ccccc2)C(C(=O)Nc2ccc3c(c2)CCN3)=C1. The Kier molecular flexibility index (Phi) is 4.58. The summed E-state index contributed by atoms with van der Waals surface area (Å²) in [5.41, 5.74) is 4.43. The molecule has 4 rings (SSSR count). The van der Waals surface area contributed by atoms with Gasteiger partial charge in [0.1, 0.15) is 5.60 Å². The lowest BCUT2D eigenvalue weighted by molar-refractivity contribution is -0.113. The summed E-state index contributed by atoms with van der Waals surface area (Å²) in [6, 6.07) is 16.1. The number of hydrogen-bond donors (Lipinski definition) is 2. The first-order valence-electron chi connectivity index (χ1n) is 9.28. The molecule has 27 heavy (non-hydrogen) atoms. The van der Waals surface area contributed by atoms with Crippen LogP contribution in [-0.2, 0) is 16.0 Å². The van der Waals surface area contributed by atoms with E-state index in [1.807, 2.05) is 61.5 Å². The van der Waals surface area contributed by atoms with E-state index in [9.17, 15) is 4.79 Å². The van der Waals surface area contributed by atoms with Crippen LogP contribution in [0.25, 0.3) is 0 Å². The van der Waals surface area contributed by atoms with Gasteiger partial charge in [0.2, 0.25) is 0 Å². The van der Waals surface area contributed by atoms with Crippen molar-refractivity contribution in [2.24, 2.45) is 0 Å². The summed E-state index contributed by atoms with van der Waals surface area (Å²) in [5, 5.41) is 6.42. The first-order chi connectivity index (χ1) is 13.1. The Morgan fingerprint density at radius 3 is 2.81 bits per heavy atom. The number of carbonyl (C=O) groups excluding carboxylic acids is 1. The fourth-order valence-electron chi connectivity index (χ4n) is 3.71. The largest absolute Gasteiger partial charge is 0.384 e. The molecule has 1 aliphatic carbocycles. The highest BCUT2D eigenvalue weighted by atomic mass is 16.5. The van der Waals surface area contributed by atoms with E-state index in [0.29, 0.717) is 5.57 Å². The normalized spacial score (nSPS) is 23.3. The average Bonchev–Trinajstić information content (AvgIpc) is 3.16. The third kappa shape index (κ3) is 3.53. The predicted molar refractivity (Wildman–Crippen MR) is 109 cm³/mol.